The Kier molecular flexibility index (Phi) is 3.44. The first-order valence-corrected chi connectivity index (χ1v) is 6.14. The molecule has 2 N–H and O–H groups in total. The molecule has 0 heterocycles. The van der Waals surface area contributed by atoms with Crippen molar-refractivity contribution in [1.82, 2.24) is 0 Å². The average Bonchev–Trinajstić information content (AvgIpc) is 2.68. The van der Waals surface area contributed by atoms with Crippen LogP contribution in [0.2, 0.25) is 0 Å². The molecule has 2 nitrogen and oxygen atoms in total. The highest BCUT2D eigenvalue weighted by Crippen LogP contribution is 2.41. The van der Waals surface area contributed by atoms with Crippen LogP contribution in [0.1, 0.15) is 31.2 Å². The number of hydrogen-bond acceptors (Lipinski definition) is 2. The summed E-state index contributed by atoms with van der Waals surface area (Å²) in [6, 6.07) is 8.49. The quantitative estimate of drug-likeness (QED) is 0.856. The van der Waals surface area contributed by atoms with Crippen LogP contribution in [0.5, 0.6) is 0 Å². The molecule has 1 aromatic carbocycles. The van der Waals surface area contributed by atoms with Gasteiger partial charge in [-0.25, -0.2) is 5.90 Å². The van der Waals surface area contributed by atoms with Gasteiger partial charge in [-0.05, 0) is 30.5 Å². The molecule has 1 aliphatic carbocycles. The van der Waals surface area contributed by atoms with E-state index < -0.39 is 0 Å². The zero-order valence-corrected chi connectivity index (χ0v) is 10.3. The fourth-order valence-corrected chi connectivity index (χ4v) is 2.95. The first-order chi connectivity index (χ1) is 7.27. The Hall–Kier alpha value is -0.380. The molecule has 0 saturated heterocycles. The van der Waals surface area contributed by atoms with Gasteiger partial charge in [0.05, 0.1) is 6.61 Å². The monoisotopic (exact) mass is 269 g/mol. The van der Waals surface area contributed by atoms with Crippen LogP contribution in [0.15, 0.2) is 28.7 Å². The molecule has 0 aliphatic heterocycles. The van der Waals surface area contributed by atoms with Crippen molar-refractivity contribution in [3.8, 4) is 0 Å². The van der Waals surface area contributed by atoms with E-state index >= 15 is 0 Å². The zero-order valence-electron chi connectivity index (χ0n) is 8.71. The molecule has 82 valence electrons. The van der Waals surface area contributed by atoms with Gasteiger partial charge in [-0.3, -0.25) is 0 Å². The number of benzene rings is 1. The minimum Gasteiger partial charge on any atom is -0.304 e. The van der Waals surface area contributed by atoms with Crippen molar-refractivity contribution in [3.63, 3.8) is 0 Å². The summed E-state index contributed by atoms with van der Waals surface area (Å²) in [4.78, 5) is 4.91. The second kappa shape index (κ2) is 4.64. The molecule has 1 fully saturated rings. The minimum absolute atomic E-state index is 0.151. The van der Waals surface area contributed by atoms with E-state index in [0.29, 0.717) is 6.61 Å². The predicted octanol–water partition coefficient (Wildman–Crippen LogP) is 3.15. The lowest BCUT2D eigenvalue weighted by atomic mass is 9.80. The van der Waals surface area contributed by atoms with E-state index in [-0.39, 0.29) is 5.41 Å². The van der Waals surface area contributed by atoms with Crippen LogP contribution in [0.3, 0.4) is 0 Å². The van der Waals surface area contributed by atoms with Crippen molar-refractivity contribution in [1.29, 1.82) is 0 Å². The van der Waals surface area contributed by atoms with Gasteiger partial charge in [0.2, 0.25) is 0 Å². The lowest BCUT2D eigenvalue weighted by molar-refractivity contribution is 0.0849. The Balaban J connectivity index is 2.31. The van der Waals surface area contributed by atoms with Gasteiger partial charge in [-0.1, -0.05) is 40.9 Å². The third-order valence-corrected chi connectivity index (χ3v) is 3.85. The summed E-state index contributed by atoms with van der Waals surface area (Å²) >= 11 is 3.51. The number of nitrogens with two attached hydrogens (primary N) is 1. The van der Waals surface area contributed by atoms with Gasteiger partial charge < -0.3 is 4.84 Å². The summed E-state index contributed by atoms with van der Waals surface area (Å²) in [7, 11) is 0. The van der Waals surface area contributed by atoms with Crippen LogP contribution in [0.4, 0.5) is 0 Å². The second-order valence-electron chi connectivity index (χ2n) is 4.31. The topological polar surface area (TPSA) is 35.2 Å². The third-order valence-electron chi connectivity index (χ3n) is 3.36. The molecule has 15 heavy (non-hydrogen) atoms. The number of halogens is 1. The van der Waals surface area contributed by atoms with Crippen LogP contribution in [0.25, 0.3) is 0 Å². The van der Waals surface area contributed by atoms with E-state index in [1.807, 2.05) is 0 Å². The van der Waals surface area contributed by atoms with E-state index in [1.54, 1.807) is 0 Å². The summed E-state index contributed by atoms with van der Waals surface area (Å²) in [5, 5.41) is 0. The normalized spacial score (nSPS) is 19.3. The maximum atomic E-state index is 5.26. The molecule has 0 unspecified atom stereocenters. The van der Waals surface area contributed by atoms with Crippen molar-refractivity contribution >= 4 is 15.9 Å². The molecule has 1 aliphatic rings. The van der Waals surface area contributed by atoms with Crippen LogP contribution in [-0.4, -0.2) is 6.61 Å². The zero-order chi connectivity index (χ0) is 10.7. The first kappa shape index (κ1) is 11.1. The van der Waals surface area contributed by atoms with Crippen LogP contribution >= 0.6 is 15.9 Å². The maximum absolute atomic E-state index is 5.26. The molecule has 0 spiro atoms. The SMILES string of the molecule is NOCC1(c2cccc(Br)c2)CCCC1. The fourth-order valence-electron chi connectivity index (χ4n) is 2.55. The van der Waals surface area contributed by atoms with Crippen molar-refractivity contribution in [2.45, 2.75) is 31.1 Å². The van der Waals surface area contributed by atoms with Crippen molar-refractivity contribution in [2.75, 3.05) is 6.61 Å². The largest absolute Gasteiger partial charge is 0.304 e. The molecule has 0 amide bonds. The highest BCUT2D eigenvalue weighted by Gasteiger charge is 2.35. The molecule has 0 radical (unpaired) electrons. The van der Waals surface area contributed by atoms with Crippen LogP contribution in [0, 0.1) is 0 Å². The Morgan fingerprint density at radius 3 is 2.67 bits per heavy atom. The van der Waals surface area contributed by atoms with Gasteiger partial charge in [-0.2, -0.15) is 0 Å². The highest BCUT2D eigenvalue weighted by molar-refractivity contribution is 9.10. The van der Waals surface area contributed by atoms with Crippen molar-refractivity contribution in [3.05, 3.63) is 34.3 Å². The first-order valence-electron chi connectivity index (χ1n) is 5.35. The second-order valence-corrected chi connectivity index (χ2v) is 5.22. The molecule has 0 aromatic heterocycles. The fraction of sp³-hybridized carbons (Fsp3) is 0.500. The molecule has 1 aromatic rings. The van der Waals surface area contributed by atoms with E-state index in [9.17, 15) is 0 Å². The van der Waals surface area contributed by atoms with E-state index in [1.165, 1.54) is 31.2 Å². The summed E-state index contributed by atoms with van der Waals surface area (Å²) in [6.45, 7) is 0.628. The molecule has 0 atom stereocenters. The summed E-state index contributed by atoms with van der Waals surface area (Å²) < 4.78 is 1.13. The summed E-state index contributed by atoms with van der Waals surface area (Å²) in [6.07, 6.45) is 4.91. The van der Waals surface area contributed by atoms with Crippen molar-refractivity contribution < 1.29 is 4.84 Å². The summed E-state index contributed by atoms with van der Waals surface area (Å²) in [5.41, 5.74) is 1.50. The Morgan fingerprint density at radius 2 is 2.07 bits per heavy atom. The van der Waals surface area contributed by atoms with Crippen molar-refractivity contribution in [2.24, 2.45) is 5.90 Å². The van der Waals surface area contributed by atoms with Gasteiger partial charge in [0.15, 0.2) is 0 Å². The molecule has 0 bridgehead atoms. The van der Waals surface area contributed by atoms with E-state index in [2.05, 4.69) is 40.2 Å². The number of hydrogen-bond donors (Lipinski definition) is 1. The average molecular weight is 270 g/mol. The lowest BCUT2D eigenvalue weighted by Crippen LogP contribution is -2.30. The van der Waals surface area contributed by atoms with Gasteiger partial charge in [0, 0.05) is 9.89 Å². The van der Waals surface area contributed by atoms with Crippen LogP contribution < -0.4 is 5.90 Å². The molecule has 2 rings (SSSR count). The standard InChI is InChI=1S/C12H16BrNO/c13-11-5-3-4-10(8-11)12(9-15-14)6-1-2-7-12/h3-5,8H,1-2,6-7,9,14H2. The third kappa shape index (κ3) is 2.25. The lowest BCUT2D eigenvalue weighted by Gasteiger charge is -2.28. The highest BCUT2D eigenvalue weighted by atomic mass is 79.9. The van der Waals surface area contributed by atoms with Gasteiger partial charge in [-0.15, -0.1) is 0 Å². The Bertz CT molecular complexity index is 334. The van der Waals surface area contributed by atoms with Crippen LogP contribution in [-0.2, 0) is 10.3 Å². The Labute approximate surface area is 98.9 Å². The maximum Gasteiger partial charge on any atom is 0.0775 e. The van der Waals surface area contributed by atoms with E-state index in [4.69, 9.17) is 10.7 Å². The van der Waals surface area contributed by atoms with Gasteiger partial charge in [0.1, 0.15) is 0 Å². The molecular weight excluding hydrogens is 254 g/mol. The molecule has 1 saturated carbocycles. The Morgan fingerprint density at radius 1 is 1.33 bits per heavy atom. The number of rotatable bonds is 3. The molecular formula is C12H16BrNO. The van der Waals surface area contributed by atoms with E-state index in [0.717, 1.165) is 4.47 Å². The molecule has 3 heteroatoms. The van der Waals surface area contributed by atoms with Gasteiger partial charge >= 0.3 is 0 Å². The summed E-state index contributed by atoms with van der Waals surface area (Å²) in [5.74, 6) is 5.26. The minimum atomic E-state index is 0.151. The predicted molar refractivity (Wildman–Crippen MR) is 64.4 cm³/mol. The smallest absolute Gasteiger partial charge is 0.0775 e. The van der Waals surface area contributed by atoms with Gasteiger partial charge in [0.25, 0.3) is 0 Å².